The zero-order chi connectivity index (χ0) is 10.7. The van der Waals surface area contributed by atoms with Crippen LogP contribution in [0, 0.1) is 5.92 Å². The minimum absolute atomic E-state index is 0.776. The van der Waals surface area contributed by atoms with Gasteiger partial charge in [0.05, 0.1) is 11.9 Å². The van der Waals surface area contributed by atoms with E-state index in [-0.39, 0.29) is 0 Å². The maximum Gasteiger partial charge on any atom is 0.147 e. The van der Waals surface area contributed by atoms with Crippen molar-refractivity contribution in [3.05, 3.63) is 18.1 Å². The molecule has 0 atom stereocenters. The summed E-state index contributed by atoms with van der Waals surface area (Å²) >= 11 is 0. The van der Waals surface area contributed by atoms with E-state index in [9.17, 15) is 0 Å². The zero-order valence-corrected chi connectivity index (χ0v) is 9.40. The lowest BCUT2D eigenvalue weighted by Crippen LogP contribution is -2.22. The molecule has 1 heterocycles. The first-order chi connectivity index (χ1) is 7.29. The van der Waals surface area contributed by atoms with E-state index >= 15 is 0 Å². The minimum atomic E-state index is 0.776. The van der Waals surface area contributed by atoms with E-state index in [1.54, 1.807) is 0 Å². The number of nitrogens with zero attached hydrogens (tertiary/aromatic N) is 3. The fourth-order valence-corrected chi connectivity index (χ4v) is 1.63. The van der Waals surface area contributed by atoms with E-state index in [0.29, 0.717) is 0 Å². The molecule has 1 aromatic rings. The standard InChI is InChI=1S/C11H18N4/c1-12-5-10-6-13-7-11(14-10)15(2)8-9-3-4-9/h6-7,9,12H,3-5,8H2,1-2H3. The molecule has 15 heavy (non-hydrogen) atoms. The van der Waals surface area contributed by atoms with Crippen LogP contribution in [0.5, 0.6) is 0 Å². The average molecular weight is 206 g/mol. The van der Waals surface area contributed by atoms with Crippen LogP contribution in [0.4, 0.5) is 5.82 Å². The summed E-state index contributed by atoms with van der Waals surface area (Å²) in [5.74, 6) is 1.86. The Morgan fingerprint density at radius 1 is 1.47 bits per heavy atom. The predicted molar refractivity (Wildman–Crippen MR) is 60.8 cm³/mol. The van der Waals surface area contributed by atoms with Gasteiger partial charge in [0, 0.05) is 26.3 Å². The molecule has 0 aliphatic heterocycles. The fourth-order valence-electron chi connectivity index (χ4n) is 1.63. The molecule has 0 amide bonds. The van der Waals surface area contributed by atoms with Crippen molar-refractivity contribution in [2.75, 3.05) is 25.5 Å². The maximum absolute atomic E-state index is 4.54. The van der Waals surface area contributed by atoms with Gasteiger partial charge in [0.2, 0.25) is 0 Å². The Balaban J connectivity index is 2.01. The monoisotopic (exact) mass is 206 g/mol. The van der Waals surface area contributed by atoms with Crippen LogP contribution < -0.4 is 10.2 Å². The summed E-state index contributed by atoms with van der Waals surface area (Å²) in [5, 5.41) is 3.08. The summed E-state index contributed by atoms with van der Waals surface area (Å²) in [6.07, 6.45) is 6.38. The van der Waals surface area contributed by atoms with Gasteiger partial charge in [0.25, 0.3) is 0 Å². The fraction of sp³-hybridized carbons (Fsp3) is 0.636. The number of hydrogen-bond donors (Lipinski definition) is 1. The molecule has 82 valence electrons. The van der Waals surface area contributed by atoms with Gasteiger partial charge in [0.1, 0.15) is 5.82 Å². The van der Waals surface area contributed by atoms with Crippen molar-refractivity contribution in [2.24, 2.45) is 5.92 Å². The first-order valence-electron chi connectivity index (χ1n) is 5.46. The molecule has 1 saturated carbocycles. The Kier molecular flexibility index (Phi) is 3.16. The highest BCUT2D eigenvalue weighted by molar-refractivity contribution is 5.35. The van der Waals surface area contributed by atoms with Crippen LogP contribution in [-0.4, -0.2) is 30.6 Å². The van der Waals surface area contributed by atoms with Crippen LogP contribution in [0.2, 0.25) is 0 Å². The lowest BCUT2D eigenvalue weighted by molar-refractivity contribution is 0.751. The van der Waals surface area contributed by atoms with Crippen molar-refractivity contribution >= 4 is 5.82 Å². The molecule has 4 heteroatoms. The van der Waals surface area contributed by atoms with Gasteiger partial charge in [-0.15, -0.1) is 0 Å². The molecule has 0 saturated heterocycles. The van der Waals surface area contributed by atoms with Gasteiger partial charge >= 0.3 is 0 Å². The molecule has 1 fully saturated rings. The van der Waals surface area contributed by atoms with Gasteiger partial charge in [0.15, 0.2) is 0 Å². The van der Waals surface area contributed by atoms with Crippen molar-refractivity contribution in [1.29, 1.82) is 0 Å². The van der Waals surface area contributed by atoms with Crippen LogP contribution in [0.1, 0.15) is 18.5 Å². The second-order valence-electron chi connectivity index (χ2n) is 4.22. The Hall–Kier alpha value is -1.16. The van der Waals surface area contributed by atoms with E-state index in [4.69, 9.17) is 0 Å². The molecule has 0 spiro atoms. The third kappa shape index (κ3) is 2.89. The normalized spacial score (nSPS) is 15.3. The van der Waals surface area contributed by atoms with E-state index in [2.05, 4.69) is 27.2 Å². The minimum Gasteiger partial charge on any atom is -0.358 e. The van der Waals surface area contributed by atoms with E-state index < -0.39 is 0 Å². The van der Waals surface area contributed by atoms with E-state index in [1.807, 2.05) is 19.4 Å². The second kappa shape index (κ2) is 4.57. The highest BCUT2D eigenvalue weighted by atomic mass is 15.2. The largest absolute Gasteiger partial charge is 0.358 e. The molecular weight excluding hydrogens is 188 g/mol. The van der Waals surface area contributed by atoms with Crippen LogP contribution in [0.25, 0.3) is 0 Å². The summed E-state index contributed by atoms with van der Waals surface area (Å²) < 4.78 is 0. The number of nitrogens with one attached hydrogen (secondary N) is 1. The topological polar surface area (TPSA) is 41.1 Å². The number of hydrogen-bond acceptors (Lipinski definition) is 4. The van der Waals surface area contributed by atoms with Crippen LogP contribution in [0.3, 0.4) is 0 Å². The Morgan fingerprint density at radius 3 is 2.93 bits per heavy atom. The van der Waals surface area contributed by atoms with Gasteiger partial charge in [-0.1, -0.05) is 0 Å². The lowest BCUT2D eigenvalue weighted by Gasteiger charge is -2.17. The summed E-state index contributed by atoms with van der Waals surface area (Å²) in [7, 11) is 4.01. The highest BCUT2D eigenvalue weighted by Crippen LogP contribution is 2.30. The zero-order valence-electron chi connectivity index (χ0n) is 9.40. The quantitative estimate of drug-likeness (QED) is 0.781. The molecule has 1 aromatic heterocycles. The summed E-state index contributed by atoms with van der Waals surface area (Å²) in [6, 6.07) is 0. The molecule has 0 unspecified atom stereocenters. The molecule has 1 aliphatic carbocycles. The SMILES string of the molecule is CNCc1cncc(N(C)CC2CC2)n1. The first kappa shape index (κ1) is 10.4. The van der Waals surface area contributed by atoms with Gasteiger partial charge in [-0.25, -0.2) is 4.98 Å². The Bertz CT molecular complexity index is 322. The average Bonchev–Trinajstić information content (AvgIpc) is 3.03. The summed E-state index contributed by atoms with van der Waals surface area (Å²) in [4.78, 5) is 11.0. The summed E-state index contributed by atoms with van der Waals surface area (Å²) in [5.41, 5.74) is 0.998. The predicted octanol–water partition coefficient (Wildman–Crippen LogP) is 1.04. The second-order valence-corrected chi connectivity index (χ2v) is 4.22. The van der Waals surface area contributed by atoms with E-state index in [0.717, 1.165) is 30.5 Å². The van der Waals surface area contributed by atoms with Crippen molar-refractivity contribution in [2.45, 2.75) is 19.4 Å². The third-order valence-corrected chi connectivity index (χ3v) is 2.65. The van der Waals surface area contributed by atoms with Crippen molar-refractivity contribution in [3.8, 4) is 0 Å². The van der Waals surface area contributed by atoms with Crippen molar-refractivity contribution in [3.63, 3.8) is 0 Å². The summed E-state index contributed by atoms with van der Waals surface area (Å²) in [6.45, 7) is 1.88. The van der Waals surface area contributed by atoms with Crippen LogP contribution in [-0.2, 0) is 6.54 Å². The van der Waals surface area contributed by atoms with Gasteiger partial charge < -0.3 is 10.2 Å². The smallest absolute Gasteiger partial charge is 0.147 e. The van der Waals surface area contributed by atoms with Crippen LogP contribution >= 0.6 is 0 Å². The molecule has 0 aromatic carbocycles. The Labute approximate surface area is 90.7 Å². The van der Waals surface area contributed by atoms with Crippen LogP contribution in [0.15, 0.2) is 12.4 Å². The number of anilines is 1. The van der Waals surface area contributed by atoms with Crippen molar-refractivity contribution < 1.29 is 0 Å². The molecule has 2 rings (SSSR count). The Morgan fingerprint density at radius 2 is 2.27 bits per heavy atom. The lowest BCUT2D eigenvalue weighted by atomic mass is 10.4. The van der Waals surface area contributed by atoms with Gasteiger partial charge in [-0.05, 0) is 25.8 Å². The highest BCUT2D eigenvalue weighted by Gasteiger charge is 2.23. The van der Waals surface area contributed by atoms with Crippen molar-refractivity contribution in [1.82, 2.24) is 15.3 Å². The third-order valence-electron chi connectivity index (χ3n) is 2.65. The molecule has 0 bridgehead atoms. The number of rotatable bonds is 5. The number of aromatic nitrogens is 2. The molecule has 1 N–H and O–H groups in total. The molecule has 0 radical (unpaired) electrons. The molecule has 1 aliphatic rings. The van der Waals surface area contributed by atoms with Gasteiger partial charge in [-0.3, -0.25) is 4.98 Å². The molecular formula is C11H18N4. The molecule has 4 nitrogen and oxygen atoms in total. The van der Waals surface area contributed by atoms with Gasteiger partial charge in [-0.2, -0.15) is 0 Å². The van der Waals surface area contributed by atoms with E-state index in [1.165, 1.54) is 12.8 Å². The first-order valence-corrected chi connectivity index (χ1v) is 5.46. The maximum atomic E-state index is 4.54.